The van der Waals surface area contributed by atoms with Crippen LogP contribution in [0.3, 0.4) is 0 Å². The van der Waals surface area contributed by atoms with Crippen LogP contribution in [0.5, 0.6) is 0 Å². The minimum Gasteiger partial charge on any atom is -0.339 e. The molecule has 25 heavy (non-hydrogen) atoms. The van der Waals surface area contributed by atoms with Crippen LogP contribution < -0.4 is 5.32 Å². The van der Waals surface area contributed by atoms with E-state index in [9.17, 15) is 4.79 Å². The molecule has 0 saturated carbocycles. The van der Waals surface area contributed by atoms with E-state index in [1.807, 2.05) is 24.9 Å². The number of rotatable bonds is 6. The quantitative estimate of drug-likeness (QED) is 0.783. The number of piperidine rings is 1. The molecule has 1 aliphatic rings. The van der Waals surface area contributed by atoms with Crippen molar-refractivity contribution in [3.05, 3.63) is 29.7 Å². The topological polar surface area (TPSA) is 99.9 Å². The van der Waals surface area contributed by atoms with E-state index >= 15 is 0 Å². The highest BCUT2D eigenvalue weighted by Crippen LogP contribution is 2.30. The third-order valence-electron chi connectivity index (χ3n) is 4.51. The molecule has 0 bridgehead atoms. The monoisotopic (exact) mass is 346 g/mol. The maximum atomic E-state index is 12.5. The van der Waals surface area contributed by atoms with Crippen molar-refractivity contribution in [3.63, 3.8) is 0 Å². The van der Waals surface area contributed by atoms with E-state index in [1.54, 1.807) is 6.20 Å². The fourth-order valence-electron chi connectivity index (χ4n) is 3.10. The van der Waals surface area contributed by atoms with Crippen LogP contribution in [0.15, 0.2) is 16.9 Å². The third-order valence-corrected chi connectivity index (χ3v) is 4.51. The summed E-state index contributed by atoms with van der Waals surface area (Å²) in [7, 11) is 0. The second-order valence-electron chi connectivity index (χ2n) is 6.77. The summed E-state index contributed by atoms with van der Waals surface area (Å²) in [6.07, 6.45) is 8.28. The summed E-state index contributed by atoms with van der Waals surface area (Å²) in [5.41, 5.74) is 1.07. The van der Waals surface area contributed by atoms with Crippen molar-refractivity contribution < 1.29 is 9.32 Å². The molecule has 0 unspecified atom stereocenters. The van der Waals surface area contributed by atoms with Crippen molar-refractivity contribution in [2.75, 3.05) is 13.1 Å². The van der Waals surface area contributed by atoms with E-state index in [1.165, 1.54) is 0 Å². The maximum Gasteiger partial charge on any atom is 0.317 e. The number of aromatic nitrogens is 4. The Hall–Kier alpha value is -2.38. The smallest absolute Gasteiger partial charge is 0.317 e. The number of aromatic amines is 1. The van der Waals surface area contributed by atoms with Gasteiger partial charge >= 0.3 is 6.03 Å². The summed E-state index contributed by atoms with van der Waals surface area (Å²) in [6, 6.07) is 0.0938. The number of amides is 2. The SMILES string of the molecule is CC(C)c1noc(CCCNC(=O)N2CCCC[C@@H]2c2cn[nH]c2)n1. The van der Waals surface area contributed by atoms with Crippen molar-refractivity contribution in [3.8, 4) is 0 Å². The number of urea groups is 1. The number of nitrogens with zero attached hydrogens (tertiary/aromatic N) is 4. The molecule has 2 aromatic heterocycles. The van der Waals surface area contributed by atoms with Gasteiger partial charge in [-0.25, -0.2) is 4.79 Å². The van der Waals surface area contributed by atoms with Gasteiger partial charge in [0.2, 0.25) is 5.89 Å². The Morgan fingerprint density at radius 2 is 2.36 bits per heavy atom. The first kappa shape index (κ1) is 17.4. The minimum atomic E-state index is -0.0145. The van der Waals surface area contributed by atoms with Crippen LogP contribution in [0.4, 0.5) is 4.79 Å². The molecule has 1 atom stereocenters. The Balaban J connectivity index is 1.46. The molecular weight excluding hydrogens is 320 g/mol. The lowest BCUT2D eigenvalue weighted by Crippen LogP contribution is -2.44. The second-order valence-corrected chi connectivity index (χ2v) is 6.77. The number of likely N-dealkylation sites (tertiary alicyclic amines) is 1. The zero-order valence-corrected chi connectivity index (χ0v) is 14.9. The van der Waals surface area contributed by atoms with Gasteiger partial charge in [-0.3, -0.25) is 5.10 Å². The number of carbonyl (C=O) groups excluding carboxylic acids is 1. The number of hydrogen-bond donors (Lipinski definition) is 2. The predicted molar refractivity (Wildman–Crippen MR) is 92.0 cm³/mol. The van der Waals surface area contributed by atoms with Crippen LogP contribution in [-0.4, -0.2) is 44.4 Å². The van der Waals surface area contributed by atoms with Gasteiger partial charge in [0.15, 0.2) is 5.82 Å². The number of carbonyl (C=O) groups is 1. The summed E-state index contributed by atoms with van der Waals surface area (Å²) in [5, 5.41) is 13.8. The van der Waals surface area contributed by atoms with E-state index in [0.717, 1.165) is 43.6 Å². The van der Waals surface area contributed by atoms with Crippen LogP contribution in [0.2, 0.25) is 0 Å². The lowest BCUT2D eigenvalue weighted by Gasteiger charge is -2.35. The molecule has 2 amide bonds. The molecule has 3 rings (SSSR count). The molecule has 8 nitrogen and oxygen atoms in total. The Kier molecular flexibility index (Phi) is 5.67. The first-order valence-corrected chi connectivity index (χ1v) is 9.00. The molecule has 0 aromatic carbocycles. The van der Waals surface area contributed by atoms with Gasteiger partial charge in [0, 0.05) is 37.2 Å². The molecule has 2 N–H and O–H groups in total. The molecule has 3 heterocycles. The fourth-order valence-corrected chi connectivity index (χ4v) is 3.10. The molecule has 0 aliphatic carbocycles. The second kappa shape index (κ2) is 8.13. The molecule has 1 saturated heterocycles. The van der Waals surface area contributed by atoms with Gasteiger partial charge in [-0.2, -0.15) is 10.1 Å². The average Bonchev–Trinajstić information content (AvgIpc) is 3.30. The zero-order valence-electron chi connectivity index (χ0n) is 14.9. The van der Waals surface area contributed by atoms with E-state index in [2.05, 4.69) is 25.7 Å². The normalized spacial score (nSPS) is 17.9. The highest BCUT2D eigenvalue weighted by molar-refractivity contribution is 5.74. The van der Waals surface area contributed by atoms with Crippen molar-refractivity contribution in [2.24, 2.45) is 0 Å². The number of aryl methyl sites for hydroxylation is 1. The van der Waals surface area contributed by atoms with Gasteiger partial charge in [0.25, 0.3) is 0 Å². The third kappa shape index (κ3) is 4.37. The van der Waals surface area contributed by atoms with Crippen LogP contribution in [0, 0.1) is 0 Å². The van der Waals surface area contributed by atoms with Crippen molar-refractivity contribution in [1.29, 1.82) is 0 Å². The standard InChI is InChI=1S/C17H26N6O2/c1-12(2)16-21-15(25-22-16)7-5-8-18-17(24)23-9-4-3-6-14(23)13-10-19-20-11-13/h10-12,14H,3-9H2,1-2H3,(H,18,24)(H,19,20)/t14-/m1/s1. The lowest BCUT2D eigenvalue weighted by atomic mass is 9.98. The summed E-state index contributed by atoms with van der Waals surface area (Å²) >= 11 is 0. The lowest BCUT2D eigenvalue weighted by molar-refractivity contribution is 0.151. The Morgan fingerprint density at radius 1 is 1.48 bits per heavy atom. The molecule has 0 spiro atoms. The van der Waals surface area contributed by atoms with Crippen LogP contribution in [-0.2, 0) is 6.42 Å². The van der Waals surface area contributed by atoms with Gasteiger partial charge in [-0.05, 0) is 25.7 Å². The molecule has 2 aromatic rings. The van der Waals surface area contributed by atoms with Crippen LogP contribution >= 0.6 is 0 Å². The summed E-state index contributed by atoms with van der Waals surface area (Å²) < 4.78 is 5.22. The Morgan fingerprint density at radius 3 is 3.08 bits per heavy atom. The Bertz CT molecular complexity index is 666. The van der Waals surface area contributed by atoms with E-state index in [-0.39, 0.29) is 18.0 Å². The highest BCUT2D eigenvalue weighted by atomic mass is 16.5. The zero-order chi connectivity index (χ0) is 17.6. The molecule has 8 heteroatoms. The molecule has 0 radical (unpaired) electrons. The fraction of sp³-hybridized carbons (Fsp3) is 0.647. The summed E-state index contributed by atoms with van der Waals surface area (Å²) in [6.45, 7) is 5.43. The highest BCUT2D eigenvalue weighted by Gasteiger charge is 2.28. The van der Waals surface area contributed by atoms with E-state index in [4.69, 9.17) is 4.52 Å². The largest absolute Gasteiger partial charge is 0.339 e. The van der Waals surface area contributed by atoms with E-state index < -0.39 is 0 Å². The van der Waals surface area contributed by atoms with E-state index in [0.29, 0.717) is 18.9 Å². The van der Waals surface area contributed by atoms with Gasteiger partial charge in [0.1, 0.15) is 0 Å². The first-order valence-electron chi connectivity index (χ1n) is 9.00. The van der Waals surface area contributed by atoms with Gasteiger partial charge in [-0.1, -0.05) is 19.0 Å². The molecule has 136 valence electrons. The van der Waals surface area contributed by atoms with Crippen LogP contribution in [0.1, 0.15) is 68.8 Å². The van der Waals surface area contributed by atoms with Crippen molar-refractivity contribution >= 4 is 6.03 Å². The van der Waals surface area contributed by atoms with Crippen molar-refractivity contribution in [2.45, 2.75) is 57.9 Å². The summed E-state index contributed by atoms with van der Waals surface area (Å²) in [4.78, 5) is 18.8. The molecule has 1 aliphatic heterocycles. The molecule has 1 fully saturated rings. The average molecular weight is 346 g/mol. The molecular formula is C17H26N6O2. The maximum absolute atomic E-state index is 12.5. The number of H-pyrrole nitrogens is 1. The predicted octanol–water partition coefficient (Wildman–Crippen LogP) is 2.79. The van der Waals surface area contributed by atoms with Crippen LogP contribution in [0.25, 0.3) is 0 Å². The number of nitrogens with one attached hydrogen (secondary N) is 2. The minimum absolute atomic E-state index is 0.0145. The summed E-state index contributed by atoms with van der Waals surface area (Å²) in [5.74, 6) is 1.62. The first-order chi connectivity index (χ1) is 12.1. The van der Waals surface area contributed by atoms with Crippen molar-refractivity contribution in [1.82, 2.24) is 30.6 Å². The van der Waals surface area contributed by atoms with Gasteiger partial charge < -0.3 is 14.7 Å². The Labute approximate surface area is 147 Å². The van der Waals surface area contributed by atoms with Gasteiger partial charge in [-0.15, -0.1) is 0 Å². The number of hydrogen-bond acceptors (Lipinski definition) is 5. The van der Waals surface area contributed by atoms with Gasteiger partial charge in [0.05, 0.1) is 12.2 Å².